The van der Waals surface area contributed by atoms with Crippen molar-refractivity contribution in [3.05, 3.63) is 111 Å². The number of nitrogens with zero attached hydrogens (tertiary/aromatic N) is 1. The third-order valence-electron chi connectivity index (χ3n) is 5.34. The lowest BCUT2D eigenvalue weighted by molar-refractivity contribution is 0.393. The van der Waals surface area contributed by atoms with E-state index < -0.39 is 0 Å². The Bertz CT molecular complexity index is 1480. The number of hydrogen-bond donors (Lipinski definition) is 1. The van der Waals surface area contributed by atoms with Crippen LogP contribution in [0.4, 0.5) is 5.69 Å². The number of hydrogen-bond acceptors (Lipinski definition) is 5. The van der Waals surface area contributed by atoms with Crippen LogP contribution in [0.5, 0.6) is 5.88 Å². The van der Waals surface area contributed by atoms with Crippen molar-refractivity contribution >= 4 is 43.5 Å². The fourth-order valence-electron chi connectivity index (χ4n) is 3.83. The molecule has 0 fully saturated rings. The fourth-order valence-corrected chi connectivity index (χ4v) is 4.21. The standard InChI is InChI=1S/C26H19BrN2O3/c1-31-26-21(15-18-13-19(27)8-10-22(18)29-26)25(16-5-3-2-4-6-16)28-20-9-11-23-17(14-20)7-12-24(30)32-23/h2-15,25,28H,1H3. The lowest BCUT2D eigenvalue weighted by Crippen LogP contribution is -2.14. The van der Waals surface area contributed by atoms with Crippen LogP contribution in [0.2, 0.25) is 0 Å². The maximum absolute atomic E-state index is 11.5. The molecule has 2 heterocycles. The van der Waals surface area contributed by atoms with E-state index in [-0.39, 0.29) is 11.7 Å². The summed E-state index contributed by atoms with van der Waals surface area (Å²) in [5, 5.41) is 5.47. The minimum absolute atomic E-state index is 0.213. The molecular formula is C26H19BrN2O3. The highest BCUT2D eigenvalue weighted by molar-refractivity contribution is 9.10. The Labute approximate surface area is 192 Å². The molecule has 0 spiro atoms. The zero-order valence-electron chi connectivity index (χ0n) is 17.2. The van der Waals surface area contributed by atoms with Crippen molar-refractivity contribution in [1.82, 2.24) is 4.98 Å². The number of methoxy groups -OCH3 is 1. The summed E-state index contributed by atoms with van der Waals surface area (Å²) in [6.45, 7) is 0. The van der Waals surface area contributed by atoms with E-state index in [2.05, 4.69) is 39.4 Å². The lowest BCUT2D eigenvalue weighted by atomic mass is 9.97. The third-order valence-corrected chi connectivity index (χ3v) is 5.83. The molecule has 0 aliphatic heterocycles. The Morgan fingerprint density at radius 2 is 1.78 bits per heavy atom. The number of halogens is 1. The molecule has 1 N–H and O–H groups in total. The van der Waals surface area contributed by atoms with E-state index >= 15 is 0 Å². The fraction of sp³-hybridized carbons (Fsp3) is 0.0769. The number of pyridine rings is 1. The highest BCUT2D eigenvalue weighted by atomic mass is 79.9. The van der Waals surface area contributed by atoms with Gasteiger partial charge in [0.1, 0.15) is 5.58 Å². The van der Waals surface area contributed by atoms with Crippen molar-refractivity contribution in [3.63, 3.8) is 0 Å². The molecule has 2 aromatic heterocycles. The largest absolute Gasteiger partial charge is 0.481 e. The first-order chi connectivity index (χ1) is 15.6. The van der Waals surface area contributed by atoms with Crippen molar-refractivity contribution in [2.24, 2.45) is 0 Å². The van der Waals surface area contributed by atoms with Gasteiger partial charge in [-0.15, -0.1) is 0 Å². The van der Waals surface area contributed by atoms with Crippen molar-refractivity contribution in [2.75, 3.05) is 12.4 Å². The maximum atomic E-state index is 11.5. The first kappa shape index (κ1) is 20.3. The van der Waals surface area contributed by atoms with E-state index in [0.717, 1.165) is 37.6 Å². The molecule has 0 bridgehead atoms. The lowest BCUT2D eigenvalue weighted by Gasteiger charge is -2.23. The molecule has 0 radical (unpaired) electrons. The summed E-state index contributed by atoms with van der Waals surface area (Å²) >= 11 is 3.55. The Kier molecular flexibility index (Phi) is 5.37. The summed E-state index contributed by atoms with van der Waals surface area (Å²) in [6, 6.07) is 26.9. The van der Waals surface area contributed by atoms with Crippen molar-refractivity contribution in [1.29, 1.82) is 0 Å². The van der Waals surface area contributed by atoms with Crippen molar-refractivity contribution in [3.8, 4) is 5.88 Å². The van der Waals surface area contributed by atoms with Crippen molar-refractivity contribution in [2.45, 2.75) is 6.04 Å². The average Bonchev–Trinajstić information content (AvgIpc) is 2.82. The van der Waals surface area contributed by atoms with E-state index in [9.17, 15) is 4.79 Å². The minimum Gasteiger partial charge on any atom is -0.481 e. The summed E-state index contributed by atoms with van der Waals surface area (Å²) in [5.74, 6) is 0.563. The first-order valence-corrected chi connectivity index (χ1v) is 10.9. The van der Waals surface area contributed by atoms with Crippen LogP contribution in [0.25, 0.3) is 21.9 Å². The number of anilines is 1. The molecule has 1 atom stereocenters. The van der Waals surface area contributed by atoms with Gasteiger partial charge in [0.2, 0.25) is 5.88 Å². The maximum Gasteiger partial charge on any atom is 0.336 e. The van der Waals surface area contributed by atoms with Gasteiger partial charge >= 0.3 is 5.63 Å². The molecule has 0 amide bonds. The molecule has 3 aromatic carbocycles. The second-order valence-corrected chi connectivity index (χ2v) is 8.33. The van der Waals surface area contributed by atoms with Gasteiger partial charge in [0.25, 0.3) is 0 Å². The van der Waals surface area contributed by atoms with E-state index in [4.69, 9.17) is 14.1 Å². The molecule has 158 valence electrons. The predicted molar refractivity (Wildman–Crippen MR) is 130 cm³/mol. The van der Waals surface area contributed by atoms with Crippen LogP contribution in [0, 0.1) is 0 Å². The Balaban J connectivity index is 1.65. The van der Waals surface area contributed by atoms with Gasteiger partial charge in [0.15, 0.2) is 0 Å². The molecule has 0 aliphatic rings. The number of fused-ring (bicyclic) bond motifs is 2. The molecule has 32 heavy (non-hydrogen) atoms. The molecule has 0 saturated carbocycles. The third kappa shape index (κ3) is 3.97. The summed E-state index contributed by atoms with van der Waals surface area (Å²) < 4.78 is 12.0. The number of benzene rings is 3. The molecular weight excluding hydrogens is 468 g/mol. The smallest absolute Gasteiger partial charge is 0.336 e. The SMILES string of the molecule is COc1nc2ccc(Br)cc2cc1C(Nc1ccc2oc(=O)ccc2c1)c1ccccc1. The van der Waals surface area contributed by atoms with Crippen LogP contribution in [0.1, 0.15) is 17.2 Å². The topological polar surface area (TPSA) is 64.4 Å². The van der Waals surface area contributed by atoms with Gasteiger partial charge in [0.05, 0.1) is 18.7 Å². The number of ether oxygens (including phenoxy) is 1. The Hall–Kier alpha value is -3.64. The average molecular weight is 487 g/mol. The Morgan fingerprint density at radius 1 is 0.938 bits per heavy atom. The summed E-state index contributed by atoms with van der Waals surface area (Å²) in [7, 11) is 1.64. The van der Waals surface area contributed by atoms with Crippen LogP contribution >= 0.6 is 15.9 Å². The van der Waals surface area contributed by atoms with Gasteiger partial charge in [-0.05, 0) is 54.1 Å². The summed E-state index contributed by atoms with van der Waals surface area (Å²) in [4.78, 5) is 16.3. The molecule has 5 rings (SSSR count). The van der Waals surface area contributed by atoms with E-state index in [1.54, 1.807) is 19.2 Å². The van der Waals surface area contributed by atoms with E-state index in [1.807, 2.05) is 48.5 Å². The number of rotatable bonds is 5. The van der Waals surface area contributed by atoms with E-state index in [0.29, 0.717) is 11.5 Å². The second-order valence-electron chi connectivity index (χ2n) is 7.42. The van der Waals surface area contributed by atoms with Gasteiger partial charge in [-0.25, -0.2) is 9.78 Å². The van der Waals surface area contributed by atoms with Crippen molar-refractivity contribution < 1.29 is 9.15 Å². The molecule has 1 unspecified atom stereocenters. The van der Waals surface area contributed by atoms with Crippen LogP contribution in [0.3, 0.4) is 0 Å². The molecule has 0 aliphatic carbocycles. The molecule has 0 saturated heterocycles. The minimum atomic E-state index is -0.362. The molecule has 5 aromatic rings. The monoisotopic (exact) mass is 486 g/mol. The summed E-state index contributed by atoms with van der Waals surface area (Å²) in [5.41, 5.74) is 3.93. The molecule has 5 nitrogen and oxygen atoms in total. The van der Waals surface area contributed by atoms with Gasteiger partial charge in [-0.1, -0.05) is 46.3 Å². The van der Waals surface area contributed by atoms with Crippen LogP contribution < -0.4 is 15.7 Å². The zero-order valence-corrected chi connectivity index (χ0v) is 18.8. The first-order valence-electron chi connectivity index (χ1n) is 10.1. The number of aromatic nitrogens is 1. The molecule has 6 heteroatoms. The quantitative estimate of drug-likeness (QED) is 0.294. The highest BCUT2D eigenvalue weighted by Crippen LogP contribution is 2.35. The van der Waals surface area contributed by atoms with Gasteiger partial charge in [0, 0.05) is 32.6 Å². The van der Waals surface area contributed by atoms with Gasteiger partial charge in [-0.3, -0.25) is 0 Å². The number of nitrogens with one attached hydrogen (secondary N) is 1. The predicted octanol–water partition coefficient (Wildman–Crippen LogP) is 6.31. The van der Waals surface area contributed by atoms with Gasteiger partial charge in [-0.2, -0.15) is 0 Å². The van der Waals surface area contributed by atoms with Crippen LogP contribution in [0.15, 0.2) is 98.6 Å². The summed E-state index contributed by atoms with van der Waals surface area (Å²) in [6.07, 6.45) is 0. The Morgan fingerprint density at radius 3 is 2.59 bits per heavy atom. The van der Waals surface area contributed by atoms with Gasteiger partial charge < -0.3 is 14.5 Å². The van der Waals surface area contributed by atoms with E-state index in [1.165, 1.54) is 6.07 Å². The second kappa shape index (κ2) is 8.48. The normalized spacial score (nSPS) is 12.1. The highest BCUT2D eigenvalue weighted by Gasteiger charge is 2.21. The van der Waals surface area contributed by atoms with Crippen LogP contribution in [-0.4, -0.2) is 12.1 Å². The zero-order chi connectivity index (χ0) is 22.1. The van der Waals surface area contributed by atoms with Crippen LogP contribution in [-0.2, 0) is 0 Å².